The van der Waals surface area contributed by atoms with Gasteiger partial charge in [0, 0.05) is 17.7 Å². The van der Waals surface area contributed by atoms with E-state index in [1.54, 1.807) is 6.07 Å². The Morgan fingerprint density at radius 1 is 1.30 bits per heavy atom. The normalized spacial score (nSPS) is 11.1. The molecule has 0 fully saturated rings. The van der Waals surface area contributed by atoms with E-state index < -0.39 is 4.92 Å². The third-order valence-electron chi connectivity index (χ3n) is 3.35. The van der Waals surface area contributed by atoms with Crippen molar-refractivity contribution in [3.63, 3.8) is 0 Å². The molecule has 23 heavy (non-hydrogen) atoms. The van der Waals surface area contributed by atoms with Crippen molar-refractivity contribution in [1.29, 1.82) is 0 Å². The summed E-state index contributed by atoms with van der Waals surface area (Å²) >= 11 is 6.11. The molecule has 0 bridgehead atoms. The molecule has 6 nitrogen and oxygen atoms in total. The highest BCUT2D eigenvalue weighted by molar-refractivity contribution is 6.33. The zero-order chi connectivity index (χ0) is 16.8. The number of nitrogens with one attached hydrogen (secondary N) is 1. The van der Waals surface area contributed by atoms with Gasteiger partial charge >= 0.3 is 0 Å². The lowest BCUT2D eigenvalue weighted by Gasteiger charge is -2.09. The number of furan rings is 1. The molecule has 0 aliphatic carbocycles. The van der Waals surface area contributed by atoms with Gasteiger partial charge in [-0.2, -0.15) is 0 Å². The van der Waals surface area contributed by atoms with Crippen LogP contribution in [0, 0.1) is 10.1 Å². The molecule has 0 radical (unpaired) electrons. The molecule has 2 rings (SSSR count). The lowest BCUT2D eigenvalue weighted by molar-refractivity contribution is -0.384. The van der Waals surface area contributed by atoms with E-state index >= 15 is 0 Å². The first-order chi connectivity index (χ1) is 11.0. The highest BCUT2D eigenvalue weighted by atomic mass is 35.5. The molecule has 0 atom stereocenters. The van der Waals surface area contributed by atoms with Gasteiger partial charge in [0.05, 0.1) is 16.5 Å². The van der Waals surface area contributed by atoms with Crippen molar-refractivity contribution in [3.8, 4) is 11.3 Å². The van der Waals surface area contributed by atoms with Crippen molar-refractivity contribution in [3.05, 3.63) is 51.2 Å². The number of halogens is 1. The van der Waals surface area contributed by atoms with E-state index in [0.717, 1.165) is 25.3 Å². The van der Waals surface area contributed by atoms with Crippen LogP contribution in [0.1, 0.15) is 12.2 Å². The molecule has 1 N–H and O–H groups in total. The summed E-state index contributed by atoms with van der Waals surface area (Å²) in [6.07, 6.45) is 1.06. The van der Waals surface area contributed by atoms with E-state index in [2.05, 4.69) is 10.2 Å². The largest absolute Gasteiger partial charge is 0.460 e. The quantitative estimate of drug-likeness (QED) is 0.453. The predicted octanol–water partition coefficient (Wildman–Crippen LogP) is 3.55. The second kappa shape index (κ2) is 8.10. The van der Waals surface area contributed by atoms with Gasteiger partial charge in [-0.15, -0.1) is 0 Å². The van der Waals surface area contributed by atoms with Gasteiger partial charge in [0.15, 0.2) is 0 Å². The van der Waals surface area contributed by atoms with Gasteiger partial charge in [0.1, 0.15) is 11.5 Å². The Kier molecular flexibility index (Phi) is 6.15. The van der Waals surface area contributed by atoms with Gasteiger partial charge in [-0.3, -0.25) is 10.1 Å². The number of nitro benzene ring substituents is 1. The molecule has 0 amide bonds. The Morgan fingerprint density at radius 2 is 2.09 bits per heavy atom. The van der Waals surface area contributed by atoms with Crippen LogP contribution in [0.5, 0.6) is 0 Å². The molecule has 0 unspecified atom stereocenters. The average molecular weight is 338 g/mol. The van der Waals surface area contributed by atoms with Crippen molar-refractivity contribution in [1.82, 2.24) is 10.2 Å². The van der Waals surface area contributed by atoms with Crippen molar-refractivity contribution in [2.45, 2.75) is 13.0 Å². The third kappa shape index (κ3) is 5.06. The van der Waals surface area contributed by atoms with Crippen LogP contribution in [0.3, 0.4) is 0 Å². The molecule has 1 heterocycles. The van der Waals surface area contributed by atoms with Crippen molar-refractivity contribution >= 4 is 17.3 Å². The van der Waals surface area contributed by atoms with Crippen LogP contribution in [0.25, 0.3) is 11.3 Å². The number of rotatable bonds is 8. The van der Waals surface area contributed by atoms with Gasteiger partial charge in [0.25, 0.3) is 5.69 Å². The average Bonchev–Trinajstić information content (AvgIpc) is 2.95. The summed E-state index contributed by atoms with van der Waals surface area (Å²) in [6.45, 7) is 2.58. The Balaban J connectivity index is 1.95. The van der Waals surface area contributed by atoms with E-state index in [4.69, 9.17) is 16.0 Å². The molecular weight excluding hydrogens is 318 g/mol. The van der Waals surface area contributed by atoms with Crippen molar-refractivity contribution in [2.75, 3.05) is 27.2 Å². The molecule has 0 spiro atoms. The van der Waals surface area contributed by atoms with Crippen LogP contribution in [0.15, 0.2) is 34.7 Å². The maximum absolute atomic E-state index is 10.7. The van der Waals surface area contributed by atoms with Gasteiger partial charge in [-0.1, -0.05) is 11.6 Å². The summed E-state index contributed by atoms with van der Waals surface area (Å²) in [5.41, 5.74) is 0.615. The second-order valence-electron chi connectivity index (χ2n) is 5.52. The zero-order valence-electron chi connectivity index (χ0n) is 13.2. The van der Waals surface area contributed by atoms with E-state index in [-0.39, 0.29) is 5.69 Å². The molecule has 1 aromatic heterocycles. The molecule has 0 saturated carbocycles. The summed E-state index contributed by atoms with van der Waals surface area (Å²) in [4.78, 5) is 12.4. The first-order valence-corrected chi connectivity index (χ1v) is 7.73. The van der Waals surface area contributed by atoms with E-state index in [1.807, 2.05) is 26.2 Å². The first-order valence-electron chi connectivity index (χ1n) is 7.36. The maximum atomic E-state index is 10.7. The van der Waals surface area contributed by atoms with Gasteiger partial charge in [0.2, 0.25) is 0 Å². The van der Waals surface area contributed by atoms with Crippen molar-refractivity contribution < 1.29 is 9.34 Å². The van der Waals surface area contributed by atoms with Gasteiger partial charge in [-0.25, -0.2) is 0 Å². The van der Waals surface area contributed by atoms with Crippen molar-refractivity contribution in [2.24, 2.45) is 0 Å². The summed E-state index contributed by atoms with van der Waals surface area (Å²) in [7, 11) is 4.10. The van der Waals surface area contributed by atoms with Gasteiger partial charge < -0.3 is 14.6 Å². The molecule has 124 valence electrons. The van der Waals surface area contributed by atoms with Crippen LogP contribution in [-0.2, 0) is 6.54 Å². The fourth-order valence-corrected chi connectivity index (χ4v) is 2.43. The van der Waals surface area contributed by atoms with Crippen LogP contribution in [0.4, 0.5) is 5.69 Å². The zero-order valence-corrected chi connectivity index (χ0v) is 14.0. The van der Waals surface area contributed by atoms with Crippen LogP contribution >= 0.6 is 11.6 Å². The number of nitrogens with zero attached hydrogens (tertiary/aromatic N) is 2. The number of hydrogen-bond donors (Lipinski definition) is 1. The lowest BCUT2D eigenvalue weighted by Crippen LogP contribution is -2.20. The Hall–Kier alpha value is -1.89. The minimum Gasteiger partial charge on any atom is -0.460 e. The molecule has 0 saturated heterocycles. The van der Waals surface area contributed by atoms with E-state index in [0.29, 0.717) is 22.9 Å². The second-order valence-corrected chi connectivity index (χ2v) is 5.93. The monoisotopic (exact) mass is 337 g/mol. The minimum atomic E-state index is -0.471. The van der Waals surface area contributed by atoms with Gasteiger partial charge in [-0.05, 0) is 51.8 Å². The number of nitro groups is 1. The third-order valence-corrected chi connectivity index (χ3v) is 3.66. The first kappa shape index (κ1) is 17.5. The summed E-state index contributed by atoms with van der Waals surface area (Å²) in [6, 6.07) is 8.06. The lowest BCUT2D eigenvalue weighted by atomic mass is 10.1. The van der Waals surface area contributed by atoms with Crippen LogP contribution < -0.4 is 5.32 Å². The fraction of sp³-hybridized carbons (Fsp3) is 0.375. The molecule has 2 aromatic rings. The number of benzene rings is 1. The highest BCUT2D eigenvalue weighted by Gasteiger charge is 2.13. The predicted molar refractivity (Wildman–Crippen MR) is 90.7 cm³/mol. The number of hydrogen-bond acceptors (Lipinski definition) is 5. The molecular formula is C16H20ClN3O3. The van der Waals surface area contributed by atoms with E-state index in [1.165, 1.54) is 12.1 Å². The maximum Gasteiger partial charge on any atom is 0.270 e. The van der Waals surface area contributed by atoms with Crippen LogP contribution in [-0.4, -0.2) is 37.0 Å². The van der Waals surface area contributed by atoms with Crippen LogP contribution in [0.2, 0.25) is 5.02 Å². The standard InChI is InChI=1S/C16H20ClN3O3/c1-19(2)9-3-8-18-11-13-5-7-16(23-13)14-6-4-12(20(21)22)10-15(14)17/h4-7,10,18H,3,8-9,11H2,1-2H3. The SMILES string of the molecule is CN(C)CCCNCc1ccc(-c2ccc([N+](=O)[O-])cc2Cl)o1. The molecule has 0 aliphatic heterocycles. The van der Waals surface area contributed by atoms with E-state index in [9.17, 15) is 10.1 Å². The molecule has 0 aliphatic rings. The minimum absolute atomic E-state index is 0.0342. The highest BCUT2D eigenvalue weighted by Crippen LogP contribution is 2.32. The summed E-state index contributed by atoms with van der Waals surface area (Å²) in [5, 5.41) is 14.4. The Labute approximate surface area is 140 Å². The topological polar surface area (TPSA) is 71.5 Å². The summed E-state index contributed by atoms with van der Waals surface area (Å²) < 4.78 is 5.75. The smallest absolute Gasteiger partial charge is 0.270 e. The Bertz CT molecular complexity index is 670. The molecule has 1 aromatic carbocycles. The summed E-state index contributed by atoms with van der Waals surface area (Å²) in [5.74, 6) is 1.41. The fourth-order valence-electron chi connectivity index (χ4n) is 2.17. The number of non-ortho nitro benzene ring substituents is 1. The molecule has 7 heteroatoms. The Morgan fingerprint density at radius 3 is 2.74 bits per heavy atom.